The quantitative estimate of drug-likeness (QED) is 0.833. The number of likely N-dealkylation sites (N-methyl/N-ethyl adjacent to an activating group) is 1. The zero-order valence-corrected chi connectivity index (χ0v) is 14.5. The van der Waals surface area contributed by atoms with E-state index >= 15 is 0 Å². The van der Waals surface area contributed by atoms with E-state index in [9.17, 15) is 14.4 Å². The number of hydrogen-bond donors (Lipinski definition) is 1. The summed E-state index contributed by atoms with van der Waals surface area (Å²) >= 11 is 0. The van der Waals surface area contributed by atoms with E-state index in [1.165, 1.54) is 0 Å². The molecule has 134 valence electrons. The maximum atomic E-state index is 13.1. The van der Waals surface area contributed by atoms with E-state index in [2.05, 4.69) is 5.32 Å². The van der Waals surface area contributed by atoms with E-state index in [0.29, 0.717) is 19.6 Å². The molecule has 25 heavy (non-hydrogen) atoms. The summed E-state index contributed by atoms with van der Waals surface area (Å²) in [5.41, 5.74) is 1.91. The highest BCUT2D eigenvalue weighted by atomic mass is 16.5. The molecular weight excluding hydrogens is 322 g/mol. The monoisotopic (exact) mass is 345 g/mol. The Morgan fingerprint density at radius 1 is 1.24 bits per heavy atom. The standard InChI is InChI=1S/C18H23N3O4/c1-12-5-3-4-6-13(12)16-17(25-11-15(23)20(16)2)18(24)21-9-7-14(22)19-8-10-21/h3-6,16-17H,7-11H2,1-2H3,(H,19,22). The fourth-order valence-electron chi connectivity index (χ4n) is 3.38. The molecule has 0 aliphatic carbocycles. The van der Waals surface area contributed by atoms with E-state index in [-0.39, 0.29) is 30.7 Å². The smallest absolute Gasteiger partial charge is 0.254 e. The van der Waals surface area contributed by atoms with E-state index in [1.807, 2.05) is 31.2 Å². The highest BCUT2D eigenvalue weighted by Gasteiger charge is 2.42. The number of carbonyl (C=O) groups is 3. The number of amides is 3. The average Bonchev–Trinajstić information content (AvgIpc) is 2.82. The molecule has 2 unspecified atom stereocenters. The van der Waals surface area contributed by atoms with Crippen LogP contribution < -0.4 is 5.32 Å². The fraction of sp³-hybridized carbons (Fsp3) is 0.500. The van der Waals surface area contributed by atoms with Crippen LogP contribution in [0.1, 0.15) is 23.6 Å². The van der Waals surface area contributed by atoms with Gasteiger partial charge in [-0.05, 0) is 18.1 Å². The van der Waals surface area contributed by atoms with Gasteiger partial charge in [0.05, 0.1) is 6.04 Å². The van der Waals surface area contributed by atoms with E-state index < -0.39 is 12.1 Å². The van der Waals surface area contributed by atoms with E-state index in [0.717, 1.165) is 11.1 Å². The topological polar surface area (TPSA) is 79.0 Å². The Morgan fingerprint density at radius 3 is 2.76 bits per heavy atom. The minimum absolute atomic E-state index is 0.0531. The second-order valence-electron chi connectivity index (χ2n) is 6.46. The van der Waals surface area contributed by atoms with Crippen LogP contribution in [-0.4, -0.2) is 66.9 Å². The first kappa shape index (κ1) is 17.4. The predicted molar refractivity (Wildman–Crippen MR) is 90.6 cm³/mol. The molecule has 1 N–H and O–H groups in total. The van der Waals surface area contributed by atoms with Gasteiger partial charge in [-0.15, -0.1) is 0 Å². The molecule has 2 saturated heterocycles. The zero-order chi connectivity index (χ0) is 18.0. The highest BCUT2D eigenvalue weighted by molar-refractivity contribution is 5.87. The van der Waals surface area contributed by atoms with Crippen molar-refractivity contribution in [2.24, 2.45) is 0 Å². The lowest BCUT2D eigenvalue weighted by Gasteiger charge is -2.40. The molecule has 1 aromatic rings. The largest absolute Gasteiger partial charge is 0.356 e. The minimum atomic E-state index is -0.767. The summed E-state index contributed by atoms with van der Waals surface area (Å²) in [5.74, 6) is -0.378. The Kier molecular flexibility index (Phi) is 5.03. The van der Waals surface area contributed by atoms with Crippen molar-refractivity contribution in [2.75, 3.05) is 33.3 Å². The van der Waals surface area contributed by atoms with Crippen molar-refractivity contribution in [3.8, 4) is 0 Å². The number of ether oxygens (including phenoxy) is 1. The number of benzene rings is 1. The number of morpholine rings is 1. The second kappa shape index (κ2) is 7.23. The molecule has 7 nitrogen and oxygen atoms in total. The van der Waals surface area contributed by atoms with Gasteiger partial charge in [0, 0.05) is 33.1 Å². The van der Waals surface area contributed by atoms with Crippen molar-refractivity contribution >= 4 is 17.7 Å². The number of nitrogens with one attached hydrogen (secondary N) is 1. The molecule has 2 fully saturated rings. The van der Waals surface area contributed by atoms with Crippen molar-refractivity contribution in [3.63, 3.8) is 0 Å². The van der Waals surface area contributed by atoms with Gasteiger partial charge in [-0.3, -0.25) is 14.4 Å². The molecule has 0 spiro atoms. The van der Waals surface area contributed by atoms with Crippen molar-refractivity contribution < 1.29 is 19.1 Å². The normalized spacial score (nSPS) is 24.7. The van der Waals surface area contributed by atoms with Gasteiger partial charge in [0.25, 0.3) is 5.91 Å². The second-order valence-corrected chi connectivity index (χ2v) is 6.46. The first-order valence-corrected chi connectivity index (χ1v) is 8.47. The Labute approximate surface area is 146 Å². The molecule has 2 atom stereocenters. The number of rotatable bonds is 2. The summed E-state index contributed by atoms with van der Waals surface area (Å²) in [6, 6.07) is 7.23. The minimum Gasteiger partial charge on any atom is -0.356 e. The van der Waals surface area contributed by atoms with Crippen LogP contribution in [0.4, 0.5) is 0 Å². The van der Waals surface area contributed by atoms with Crippen LogP contribution in [-0.2, 0) is 19.1 Å². The molecule has 0 aromatic heterocycles. The molecule has 0 saturated carbocycles. The lowest BCUT2D eigenvalue weighted by atomic mass is 9.93. The fourth-order valence-corrected chi connectivity index (χ4v) is 3.38. The van der Waals surface area contributed by atoms with Gasteiger partial charge in [0.2, 0.25) is 11.8 Å². The molecule has 3 amide bonds. The van der Waals surface area contributed by atoms with Gasteiger partial charge >= 0.3 is 0 Å². The Morgan fingerprint density at radius 2 is 2.00 bits per heavy atom. The summed E-state index contributed by atoms with van der Waals surface area (Å²) in [7, 11) is 1.70. The van der Waals surface area contributed by atoms with E-state index in [4.69, 9.17) is 4.74 Å². The lowest BCUT2D eigenvalue weighted by Crippen LogP contribution is -2.54. The summed E-state index contributed by atoms with van der Waals surface area (Å²) in [5, 5.41) is 2.76. The third kappa shape index (κ3) is 3.51. The van der Waals surface area contributed by atoms with Crippen LogP contribution in [0.15, 0.2) is 24.3 Å². The lowest BCUT2D eigenvalue weighted by molar-refractivity contribution is -0.167. The van der Waals surface area contributed by atoms with E-state index in [1.54, 1.807) is 16.8 Å². The molecule has 2 aliphatic rings. The van der Waals surface area contributed by atoms with Gasteiger partial charge < -0.3 is 19.9 Å². The van der Waals surface area contributed by atoms with Gasteiger partial charge in [-0.1, -0.05) is 24.3 Å². The number of aryl methyl sites for hydroxylation is 1. The summed E-state index contributed by atoms with van der Waals surface area (Å²) in [4.78, 5) is 40.0. The number of hydrogen-bond acceptors (Lipinski definition) is 4. The van der Waals surface area contributed by atoms with Crippen molar-refractivity contribution in [1.29, 1.82) is 0 Å². The zero-order valence-electron chi connectivity index (χ0n) is 14.5. The number of carbonyl (C=O) groups excluding carboxylic acids is 3. The summed E-state index contributed by atoms with van der Waals surface area (Å²) < 4.78 is 5.68. The van der Waals surface area contributed by atoms with Gasteiger partial charge in [0.15, 0.2) is 6.10 Å². The van der Waals surface area contributed by atoms with Crippen LogP contribution in [0.3, 0.4) is 0 Å². The third-order valence-electron chi connectivity index (χ3n) is 4.86. The van der Waals surface area contributed by atoms with Crippen LogP contribution in [0.25, 0.3) is 0 Å². The molecule has 0 radical (unpaired) electrons. The van der Waals surface area contributed by atoms with Crippen molar-refractivity contribution in [1.82, 2.24) is 15.1 Å². The molecule has 2 aliphatic heterocycles. The number of nitrogens with zero attached hydrogens (tertiary/aromatic N) is 2. The maximum absolute atomic E-state index is 13.1. The Bertz CT molecular complexity index is 691. The Hall–Kier alpha value is -2.41. The molecule has 1 aromatic carbocycles. The summed E-state index contributed by atoms with van der Waals surface area (Å²) in [6.45, 7) is 3.09. The maximum Gasteiger partial charge on any atom is 0.254 e. The van der Waals surface area contributed by atoms with Crippen LogP contribution in [0.5, 0.6) is 0 Å². The molecule has 3 rings (SSSR count). The van der Waals surface area contributed by atoms with Gasteiger partial charge in [-0.25, -0.2) is 0 Å². The molecule has 2 heterocycles. The first-order chi connectivity index (χ1) is 12.0. The average molecular weight is 345 g/mol. The molecular formula is C18H23N3O4. The van der Waals surface area contributed by atoms with Crippen LogP contribution in [0.2, 0.25) is 0 Å². The van der Waals surface area contributed by atoms with Crippen molar-refractivity contribution in [2.45, 2.75) is 25.5 Å². The van der Waals surface area contributed by atoms with Gasteiger partial charge in [-0.2, -0.15) is 0 Å². The third-order valence-corrected chi connectivity index (χ3v) is 4.86. The van der Waals surface area contributed by atoms with Gasteiger partial charge in [0.1, 0.15) is 6.61 Å². The predicted octanol–water partition coefficient (Wildman–Crippen LogP) is 0.242. The van der Waals surface area contributed by atoms with Crippen LogP contribution in [0, 0.1) is 6.92 Å². The Balaban J connectivity index is 1.89. The summed E-state index contributed by atoms with van der Waals surface area (Å²) in [6.07, 6.45) is -0.487. The van der Waals surface area contributed by atoms with Crippen molar-refractivity contribution in [3.05, 3.63) is 35.4 Å². The molecule has 7 heteroatoms. The molecule has 0 bridgehead atoms. The highest BCUT2D eigenvalue weighted by Crippen LogP contribution is 2.32. The SMILES string of the molecule is Cc1ccccc1C1C(C(=O)N2CCNC(=O)CC2)OCC(=O)N1C. The first-order valence-electron chi connectivity index (χ1n) is 8.47. The van der Waals surface area contributed by atoms with Crippen LogP contribution >= 0.6 is 0 Å².